The van der Waals surface area contributed by atoms with Crippen LogP contribution in [0.5, 0.6) is 0 Å². The Kier molecular flexibility index (Phi) is 5.25. The Hall–Kier alpha value is -2.21. The minimum atomic E-state index is -0.0864. The van der Waals surface area contributed by atoms with Crippen LogP contribution < -0.4 is 10.9 Å². The summed E-state index contributed by atoms with van der Waals surface area (Å²) in [5.41, 5.74) is 1.24. The Morgan fingerprint density at radius 3 is 2.96 bits per heavy atom. The highest BCUT2D eigenvalue weighted by molar-refractivity contribution is 5.97. The van der Waals surface area contributed by atoms with Crippen molar-refractivity contribution in [3.63, 3.8) is 0 Å². The molecule has 1 N–H and O–H groups in total. The van der Waals surface area contributed by atoms with Crippen molar-refractivity contribution < 1.29 is 4.79 Å². The fraction of sp³-hybridized carbons (Fsp3) is 0.571. The van der Waals surface area contributed by atoms with Gasteiger partial charge in [-0.05, 0) is 57.0 Å². The molecule has 2 aromatic rings. The number of rotatable bonds is 4. The first kappa shape index (κ1) is 18.2. The summed E-state index contributed by atoms with van der Waals surface area (Å²) in [5.74, 6) is 0.767. The van der Waals surface area contributed by atoms with Gasteiger partial charge in [0.15, 0.2) is 0 Å². The minimum absolute atomic E-state index is 0.0217. The SMILES string of the molecule is CCN1CCC[C@@H]1CNC(=O)c1ccc2c(=O)n3c(nc2c1)CCCCC3. The van der Waals surface area contributed by atoms with Gasteiger partial charge in [0.25, 0.3) is 11.5 Å². The number of amides is 1. The van der Waals surface area contributed by atoms with Gasteiger partial charge in [0, 0.05) is 31.1 Å². The summed E-state index contributed by atoms with van der Waals surface area (Å²) in [6, 6.07) is 5.70. The molecule has 27 heavy (non-hydrogen) atoms. The van der Waals surface area contributed by atoms with Gasteiger partial charge in [-0.1, -0.05) is 13.3 Å². The van der Waals surface area contributed by atoms with Crippen LogP contribution in [0, 0.1) is 0 Å². The Bertz CT molecular complexity index is 905. The van der Waals surface area contributed by atoms with Crippen molar-refractivity contribution in [2.75, 3.05) is 19.6 Å². The van der Waals surface area contributed by atoms with Crippen molar-refractivity contribution in [1.29, 1.82) is 0 Å². The van der Waals surface area contributed by atoms with E-state index in [0.717, 1.165) is 57.6 Å². The highest BCUT2D eigenvalue weighted by Crippen LogP contribution is 2.18. The van der Waals surface area contributed by atoms with E-state index in [0.29, 0.717) is 29.1 Å². The van der Waals surface area contributed by atoms with Gasteiger partial charge in [0.05, 0.1) is 10.9 Å². The summed E-state index contributed by atoms with van der Waals surface area (Å²) in [6.45, 7) is 5.72. The quantitative estimate of drug-likeness (QED) is 0.899. The molecule has 6 heteroatoms. The zero-order valence-electron chi connectivity index (χ0n) is 16.0. The average Bonchev–Trinajstić information content (AvgIpc) is 3.01. The lowest BCUT2D eigenvalue weighted by atomic mass is 10.1. The highest BCUT2D eigenvalue weighted by atomic mass is 16.1. The van der Waals surface area contributed by atoms with Crippen LogP contribution in [0.3, 0.4) is 0 Å². The number of aryl methyl sites for hydroxylation is 1. The van der Waals surface area contributed by atoms with Gasteiger partial charge in [0.2, 0.25) is 0 Å². The Morgan fingerprint density at radius 2 is 2.11 bits per heavy atom. The fourth-order valence-corrected chi connectivity index (χ4v) is 4.41. The number of carbonyl (C=O) groups excluding carboxylic acids is 1. The maximum Gasteiger partial charge on any atom is 0.261 e. The summed E-state index contributed by atoms with van der Waals surface area (Å²) in [6.07, 6.45) is 6.38. The highest BCUT2D eigenvalue weighted by Gasteiger charge is 2.23. The van der Waals surface area contributed by atoms with Gasteiger partial charge >= 0.3 is 0 Å². The number of hydrogen-bond donors (Lipinski definition) is 1. The molecule has 3 heterocycles. The molecular weight excluding hydrogens is 340 g/mol. The predicted octanol–water partition coefficient (Wildman–Crippen LogP) is 2.34. The summed E-state index contributed by atoms with van der Waals surface area (Å²) in [5, 5.41) is 3.67. The van der Waals surface area contributed by atoms with E-state index >= 15 is 0 Å². The number of fused-ring (bicyclic) bond motifs is 2. The first-order valence-corrected chi connectivity index (χ1v) is 10.2. The summed E-state index contributed by atoms with van der Waals surface area (Å²) in [7, 11) is 0. The molecule has 1 amide bonds. The van der Waals surface area contributed by atoms with Crippen LogP contribution >= 0.6 is 0 Å². The lowest BCUT2D eigenvalue weighted by molar-refractivity contribution is 0.0941. The minimum Gasteiger partial charge on any atom is -0.350 e. The third-order valence-corrected chi connectivity index (χ3v) is 5.98. The van der Waals surface area contributed by atoms with Crippen molar-refractivity contribution in [1.82, 2.24) is 19.8 Å². The molecule has 6 nitrogen and oxygen atoms in total. The number of aromatic nitrogens is 2. The number of likely N-dealkylation sites (tertiary alicyclic amines) is 1. The maximum absolute atomic E-state index is 12.8. The number of hydrogen-bond acceptors (Lipinski definition) is 4. The summed E-state index contributed by atoms with van der Waals surface area (Å²) < 4.78 is 1.81. The number of likely N-dealkylation sites (N-methyl/N-ethyl adjacent to an activating group) is 1. The third-order valence-electron chi connectivity index (χ3n) is 5.98. The second-order valence-corrected chi connectivity index (χ2v) is 7.66. The first-order valence-electron chi connectivity index (χ1n) is 10.2. The van der Waals surface area contributed by atoms with Crippen molar-refractivity contribution in [2.45, 2.75) is 58.0 Å². The molecule has 1 atom stereocenters. The molecule has 0 spiro atoms. The lowest BCUT2D eigenvalue weighted by Gasteiger charge is -2.22. The molecule has 0 saturated carbocycles. The van der Waals surface area contributed by atoms with Crippen LogP contribution in [0.2, 0.25) is 0 Å². The Labute approximate surface area is 159 Å². The summed E-state index contributed by atoms with van der Waals surface area (Å²) >= 11 is 0. The van der Waals surface area contributed by atoms with Gasteiger partial charge in [-0.2, -0.15) is 0 Å². The zero-order valence-corrected chi connectivity index (χ0v) is 16.0. The second kappa shape index (κ2) is 7.80. The first-order chi connectivity index (χ1) is 13.2. The van der Waals surface area contributed by atoms with E-state index in [4.69, 9.17) is 4.98 Å². The van der Waals surface area contributed by atoms with Crippen LogP contribution in [0.4, 0.5) is 0 Å². The van der Waals surface area contributed by atoms with Crippen LogP contribution in [0.25, 0.3) is 10.9 Å². The second-order valence-electron chi connectivity index (χ2n) is 7.66. The van der Waals surface area contributed by atoms with Crippen molar-refractivity contribution in [3.05, 3.63) is 39.9 Å². The molecule has 1 aromatic heterocycles. The van der Waals surface area contributed by atoms with Crippen molar-refractivity contribution in [2.24, 2.45) is 0 Å². The summed E-state index contributed by atoms with van der Waals surface area (Å²) in [4.78, 5) is 32.6. The number of benzene rings is 1. The van der Waals surface area contributed by atoms with Crippen LogP contribution in [0.15, 0.2) is 23.0 Å². The van der Waals surface area contributed by atoms with E-state index in [1.54, 1.807) is 18.2 Å². The molecule has 0 radical (unpaired) electrons. The normalized spacial score (nSPS) is 20.4. The van der Waals surface area contributed by atoms with Crippen LogP contribution in [-0.2, 0) is 13.0 Å². The molecule has 0 unspecified atom stereocenters. The lowest BCUT2D eigenvalue weighted by Crippen LogP contribution is -2.40. The van der Waals surface area contributed by atoms with Gasteiger partial charge in [-0.15, -0.1) is 0 Å². The molecule has 2 aliphatic heterocycles. The molecule has 1 fully saturated rings. The molecule has 0 bridgehead atoms. The van der Waals surface area contributed by atoms with Crippen LogP contribution in [0.1, 0.15) is 55.2 Å². The average molecular weight is 368 g/mol. The number of carbonyl (C=O) groups is 1. The van der Waals surface area contributed by atoms with E-state index in [1.165, 1.54) is 6.42 Å². The van der Waals surface area contributed by atoms with Gasteiger partial charge in [-0.25, -0.2) is 4.98 Å². The molecular formula is C21H28N4O2. The number of nitrogens with zero attached hydrogens (tertiary/aromatic N) is 3. The fourth-order valence-electron chi connectivity index (χ4n) is 4.41. The van der Waals surface area contributed by atoms with Crippen molar-refractivity contribution in [3.8, 4) is 0 Å². The maximum atomic E-state index is 12.8. The molecule has 1 aromatic carbocycles. The monoisotopic (exact) mass is 368 g/mol. The van der Waals surface area contributed by atoms with Crippen LogP contribution in [-0.4, -0.2) is 46.0 Å². The van der Waals surface area contributed by atoms with E-state index < -0.39 is 0 Å². The molecule has 144 valence electrons. The molecule has 1 saturated heterocycles. The zero-order chi connectivity index (χ0) is 18.8. The standard InChI is InChI=1S/C21H28N4O2/c1-2-24-11-6-7-16(24)14-22-20(26)15-9-10-17-18(13-15)23-19-8-4-3-5-12-25(19)21(17)27/h9-10,13,16H,2-8,11-12,14H2,1H3,(H,22,26)/t16-/m1/s1. The largest absolute Gasteiger partial charge is 0.350 e. The van der Waals surface area contributed by atoms with E-state index in [-0.39, 0.29) is 11.5 Å². The predicted molar refractivity (Wildman–Crippen MR) is 106 cm³/mol. The Morgan fingerprint density at radius 1 is 1.22 bits per heavy atom. The van der Waals surface area contributed by atoms with E-state index in [1.807, 2.05) is 4.57 Å². The third kappa shape index (κ3) is 3.63. The van der Waals surface area contributed by atoms with Gasteiger partial charge in [0.1, 0.15) is 5.82 Å². The van der Waals surface area contributed by atoms with E-state index in [2.05, 4.69) is 17.1 Å². The molecule has 2 aliphatic rings. The smallest absolute Gasteiger partial charge is 0.261 e. The van der Waals surface area contributed by atoms with Crippen molar-refractivity contribution >= 4 is 16.8 Å². The van der Waals surface area contributed by atoms with Gasteiger partial charge < -0.3 is 5.32 Å². The Balaban J connectivity index is 1.56. The molecule has 0 aliphatic carbocycles. The number of nitrogens with one attached hydrogen (secondary N) is 1. The van der Waals surface area contributed by atoms with E-state index in [9.17, 15) is 9.59 Å². The van der Waals surface area contributed by atoms with Gasteiger partial charge in [-0.3, -0.25) is 19.1 Å². The molecule has 4 rings (SSSR count). The topological polar surface area (TPSA) is 67.2 Å².